The predicted molar refractivity (Wildman–Crippen MR) is 120 cm³/mol. The largest absolute Gasteiger partial charge is 0.497 e. The minimum absolute atomic E-state index is 0.375. The molecule has 3 aromatic rings. The maximum Gasteiger partial charge on any atom is 0.271 e. The van der Waals surface area contributed by atoms with Gasteiger partial charge in [-0.2, -0.15) is 5.10 Å². The van der Waals surface area contributed by atoms with E-state index in [4.69, 9.17) is 32.7 Å². The highest BCUT2D eigenvalue weighted by molar-refractivity contribution is 6.34. The fourth-order valence-corrected chi connectivity index (χ4v) is 3.48. The second kappa shape index (κ2) is 9.24. The van der Waals surface area contributed by atoms with Crippen molar-refractivity contribution in [2.75, 3.05) is 14.2 Å². The number of hydrogen-bond acceptors (Lipinski definition) is 4. The number of nitrogens with zero attached hydrogens (tertiary/aromatic N) is 2. The number of amides is 1. The summed E-state index contributed by atoms with van der Waals surface area (Å²) in [4.78, 5) is 12.5. The Labute approximate surface area is 185 Å². The van der Waals surface area contributed by atoms with Crippen molar-refractivity contribution in [1.82, 2.24) is 9.99 Å². The Bertz CT molecular complexity index is 1100. The number of rotatable bonds is 6. The van der Waals surface area contributed by atoms with Crippen molar-refractivity contribution in [3.63, 3.8) is 0 Å². The van der Waals surface area contributed by atoms with Crippen molar-refractivity contribution in [1.29, 1.82) is 0 Å². The van der Waals surface area contributed by atoms with E-state index in [1.807, 2.05) is 30.5 Å². The molecule has 0 radical (unpaired) electrons. The lowest BCUT2D eigenvalue weighted by molar-refractivity contribution is 0.0954. The van der Waals surface area contributed by atoms with E-state index in [0.717, 1.165) is 22.6 Å². The fourth-order valence-electron chi connectivity index (χ4n) is 3.11. The van der Waals surface area contributed by atoms with Gasteiger partial charge in [-0.15, -0.1) is 0 Å². The van der Waals surface area contributed by atoms with Crippen molar-refractivity contribution in [2.45, 2.75) is 13.8 Å². The molecule has 30 heavy (non-hydrogen) atoms. The van der Waals surface area contributed by atoms with E-state index < -0.39 is 0 Å². The number of aromatic nitrogens is 1. The molecule has 0 saturated carbocycles. The Morgan fingerprint density at radius 2 is 1.70 bits per heavy atom. The van der Waals surface area contributed by atoms with Crippen LogP contribution in [0.4, 0.5) is 0 Å². The van der Waals surface area contributed by atoms with Gasteiger partial charge in [0.2, 0.25) is 0 Å². The molecule has 1 aromatic heterocycles. The number of ether oxygens (including phenoxy) is 2. The van der Waals surface area contributed by atoms with Crippen LogP contribution >= 0.6 is 23.2 Å². The van der Waals surface area contributed by atoms with Gasteiger partial charge in [0, 0.05) is 33.6 Å². The van der Waals surface area contributed by atoms with Gasteiger partial charge < -0.3 is 14.0 Å². The van der Waals surface area contributed by atoms with Crippen LogP contribution in [0.15, 0.2) is 47.6 Å². The van der Waals surface area contributed by atoms with Crippen LogP contribution < -0.4 is 14.9 Å². The summed E-state index contributed by atoms with van der Waals surface area (Å²) in [6, 6.07) is 12.2. The fraction of sp³-hybridized carbons (Fsp3) is 0.182. The van der Waals surface area contributed by atoms with Crippen molar-refractivity contribution in [2.24, 2.45) is 5.10 Å². The maximum atomic E-state index is 12.5. The smallest absolute Gasteiger partial charge is 0.271 e. The quantitative estimate of drug-likeness (QED) is 0.419. The van der Waals surface area contributed by atoms with Crippen LogP contribution in [0.25, 0.3) is 5.69 Å². The third-order valence-electron chi connectivity index (χ3n) is 4.60. The molecule has 0 bridgehead atoms. The van der Waals surface area contributed by atoms with Gasteiger partial charge in [0.05, 0.1) is 31.1 Å². The molecule has 0 saturated heterocycles. The van der Waals surface area contributed by atoms with E-state index in [0.29, 0.717) is 27.1 Å². The summed E-state index contributed by atoms with van der Waals surface area (Å²) in [6.45, 7) is 3.91. The summed E-state index contributed by atoms with van der Waals surface area (Å²) in [6.07, 6.45) is 1.59. The summed E-state index contributed by atoms with van der Waals surface area (Å²) >= 11 is 12.5. The molecule has 6 nitrogen and oxygen atoms in total. The monoisotopic (exact) mass is 445 g/mol. The molecule has 156 valence electrons. The number of hydrazone groups is 1. The van der Waals surface area contributed by atoms with Crippen molar-refractivity contribution < 1.29 is 14.3 Å². The second-order valence-corrected chi connectivity index (χ2v) is 7.40. The van der Waals surface area contributed by atoms with Crippen molar-refractivity contribution in [3.8, 4) is 17.2 Å². The molecular weight excluding hydrogens is 425 g/mol. The first-order chi connectivity index (χ1) is 14.3. The number of carbonyl (C=O) groups excluding carboxylic acids is 1. The van der Waals surface area contributed by atoms with Crippen LogP contribution in [0.1, 0.15) is 27.3 Å². The Hall–Kier alpha value is -2.96. The maximum absolute atomic E-state index is 12.5. The Morgan fingerprint density at radius 3 is 2.33 bits per heavy atom. The first-order valence-corrected chi connectivity index (χ1v) is 9.80. The molecule has 1 amide bonds. The number of benzene rings is 2. The molecule has 2 aromatic carbocycles. The normalized spacial score (nSPS) is 11.0. The van der Waals surface area contributed by atoms with Gasteiger partial charge in [-0.1, -0.05) is 23.2 Å². The highest BCUT2D eigenvalue weighted by Crippen LogP contribution is 2.28. The van der Waals surface area contributed by atoms with Crippen LogP contribution in [0.3, 0.4) is 0 Å². The molecular formula is C22H21Cl2N3O3. The minimum Gasteiger partial charge on any atom is -0.497 e. The van der Waals surface area contributed by atoms with E-state index in [1.54, 1.807) is 36.5 Å². The number of nitrogens with one attached hydrogen (secondary N) is 1. The lowest BCUT2D eigenvalue weighted by atomic mass is 10.2. The first kappa shape index (κ1) is 21.7. The van der Waals surface area contributed by atoms with E-state index in [2.05, 4.69) is 10.5 Å². The number of aryl methyl sites for hydroxylation is 1. The molecule has 1 N–H and O–H groups in total. The Balaban J connectivity index is 1.82. The number of carbonyl (C=O) groups is 1. The summed E-state index contributed by atoms with van der Waals surface area (Å²) in [5.41, 5.74) is 6.40. The summed E-state index contributed by atoms with van der Waals surface area (Å²) in [5, 5.41) is 5.28. The van der Waals surface area contributed by atoms with Gasteiger partial charge in [0.15, 0.2) is 0 Å². The van der Waals surface area contributed by atoms with Crippen LogP contribution in [0, 0.1) is 13.8 Å². The zero-order valence-electron chi connectivity index (χ0n) is 17.0. The summed E-state index contributed by atoms with van der Waals surface area (Å²) < 4.78 is 12.4. The Morgan fingerprint density at radius 1 is 1.03 bits per heavy atom. The molecule has 0 atom stereocenters. The molecule has 1 heterocycles. The second-order valence-electron chi connectivity index (χ2n) is 6.56. The van der Waals surface area contributed by atoms with Crippen molar-refractivity contribution >= 4 is 35.3 Å². The van der Waals surface area contributed by atoms with Crippen LogP contribution in [0.5, 0.6) is 11.5 Å². The lowest BCUT2D eigenvalue weighted by Gasteiger charge is -2.12. The highest BCUT2D eigenvalue weighted by Gasteiger charge is 2.13. The van der Waals surface area contributed by atoms with E-state index in [1.165, 1.54) is 14.2 Å². The predicted octanol–water partition coefficient (Wildman–Crippen LogP) is 5.18. The van der Waals surface area contributed by atoms with Gasteiger partial charge in [-0.25, -0.2) is 5.43 Å². The van der Waals surface area contributed by atoms with E-state index in [-0.39, 0.29) is 5.91 Å². The van der Waals surface area contributed by atoms with Gasteiger partial charge in [0.1, 0.15) is 11.5 Å². The van der Waals surface area contributed by atoms with Gasteiger partial charge in [-0.3, -0.25) is 4.79 Å². The standard InChI is InChI=1S/C22H21Cl2N3O3/c1-13-7-16(14(2)27(13)21-10-17(23)5-6-20(21)24)12-25-26-22(28)15-8-18(29-3)11-19(9-15)30-4/h5-12H,1-4H3,(H,26,28)/b25-12-. The zero-order valence-corrected chi connectivity index (χ0v) is 18.5. The molecule has 0 aliphatic heterocycles. The molecule has 8 heteroatoms. The third kappa shape index (κ3) is 4.61. The molecule has 0 aliphatic carbocycles. The SMILES string of the molecule is COc1cc(OC)cc(C(=O)N/N=C\c2cc(C)n(-c3cc(Cl)ccc3Cl)c2C)c1. The summed E-state index contributed by atoms with van der Waals surface area (Å²) in [7, 11) is 3.05. The molecule has 0 spiro atoms. The Kier molecular flexibility index (Phi) is 6.70. The van der Waals surface area contributed by atoms with Crippen molar-refractivity contribution in [3.05, 3.63) is 75.0 Å². The topological polar surface area (TPSA) is 64.8 Å². The molecule has 0 fully saturated rings. The molecule has 0 unspecified atom stereocenters. The highest BCUT2D eigenvalue weighted by atomic mass is 35.5. The minimum atomic E-state index is -0.379. The van der Waals surface area contributed by atoms with Crippen LogP contribution in [-0.4, -0.2) is 30.9 Å². The average Bonchev–Trinajstić information content (AvgIpc) is 3.02. The lowest BCUT2D eigenvalue weighted by Crippen LogP contribution is -2.17. The molecule has 0 aliphatic rings. The molecule has 3 rings (SSSR count). The first-order valence-electron chi connectivity index (χ1n) is 9.05. The number of halogens is 2. The van der Waals surface area contributed by atoms with Gasteiger partial charge in [0.25, 0.3) is 5.91 Å². The number of hydrogen-bond donors (Lipinski definition) is 1. The average molecular weight is 446 g/mol. The van der Waals surface area contributed by atoms with Crippen LogP contribution in [0.2, 0.25) is 10.0 Å². The summed E-state index contributed by atoms with van der Waals surface area (Å²) in [5.74, 6) is 0.658. The number of methoxy groups -OCH3 is 2. The third-order valence-corrected chi connectivity index (χ3v) is 5.16. The van der Waals surface area contributed by atoms with Crippen LogP contribution in [-0.2, 0) is 0 Å². The van der Waals surface area contributed by atoms with E-state index in [9.17, 15) is 4.79 Å². The van der Waals surface area contributed by atoms with E-state index >= 15 is 0 Å². The zero-order chi connectivity index (χ0) is 21.8. The van der Waals surface area contributed by atoms with Gasteiger partial charge in [-0.05, 0) is 50.2 Å². The van der Waals surface area contributed by atoms with Gasteiger partial charge >= 0.3 is 0 Å².